The number of hydrogen-bond acceptors (Lipinski definition) is 3. The Bertz CT molecular complexity index is 681. The molecular formula is C12H9ClFNO3. The van der Waals surface area contributed by atoms with Gasteiger partial charge in [0, 0.05) is 6.20 Å². The van der Waals surface area contributed by atoms with Crippen molar-refractivity contribution in [1.29, 1.82) is 0 Å². The Morgan fingerprint density at radius 2 is 2.22 bits per heavy atom. The normalized spacial score (nSPS) is 10.6. The zero-order valence-electron chi connectivity index (χ0n) is 9.42. The highest BCUT2D eigenvalue weighted by Gasteiger charge is 2.17. The predicted molar refractivity (Wildman–Crippen MR) is 65.5 cm³/mol. The molecule has 0 atom stereocenters. The van der Waals surface area contributed by atoms with Crippen LogP contribution in [0.2, 0.25) is 5.02 Å². The maximum Gasteiger partial charge on any atom is 0.343 e. The quantitative estimate of drug-likeness (QED) is 0.852. The number of ether oxygens (including phenoxy) is 1. The molecule has 1 heterocycles. The molecule has 4 nitrogen and oxygen atoms in total. The van der Waals surface area contributed by atoms with Crippen molar-refractivity contribution < 1.29 is 13.9 Å². The van der Waals surface area contributed by atoms with E-state index in [2.05, 4.69) is 4.98 Å². The number of hydrogen-bond donors (Lipinski definition) is 1. The summed E-state index contributed by atoms with van der Waals surface area (Å²) in [6, 6.07) is 2.80. The first-order chi connectivity index (χ1) is 8.56. The minimum Gasteiger partial charge on any atom is -0.462 e. The van der Waals surface area contributed by atoms with Gasteiger partial charge >= 0.3 is 5.97 Å². The largest absolute Gasteiger partial charge is 0.462 e. The summed E-state index contributed by atoms with van der Waals surface area (Å²) < 4.78 is 18.5. The van der Waals surface area contributed by atoms with Crippen LogP contribution >= 0.6 is 11.6 Å². The minimum atomic E-state index is -0.846. The van der Waals surface area contributed by atoms with Gasteiger partial charge in [-0.05, 0) is 19.1 Å². The Morgan fingerprint density at radius 1 is 1.50 bits per heavy atom. The third-order valence-corrected chi connectivity index (χ3v) is 2.73. The molecule has 0 aliphatic heterocycles. The van der Waals surface area contributed by atoms with Gasteiger partial charge in [-0.15, -0.1) is 0 Å². The fourth-order valence-electron chi connectivity index (χ4n) is 1.60. The molecule has 1 aromatic carbocycles. The van der Waals surface area contributed by atoms with E-state index in [1.54, 1.807) is 6.92 Å². The monoisotopic (exact) mass is 269 g/mol. The van der Waals surface area contributed by atoms with Crippen molar-refractivity contribution in [3.8, 4) is 0 Å². The maximum absolute atomic E-state index is 13.8. The molecule has 0 amide bonds. The molecule has 0 unspecified atom stereocenters. The lowest BCUT2D eigenvalue weighted by molar-refractivity contribution is 0.0524. The van der Waals surface area contributed by atoms with Gasteiger partial charge in [0.1, 0.15) is 5.56 Å². The highest BCUT2D eigenvalue weighted by atomic mass is 35.5. The van der Waals surface area contributed by atoms with Crippen molar-refractivity contribution in [1.82, 2.24) is 4.98 Å². The molecule has 94 valence electrons. The van der Waals surface area contributed by atoms with Crippen LogP contribution in [0.5, 0.6) is 0 Å². The second kappa shape index (κ2) is 4.78. The van der Waals surface area contributed by atoms with E-state index in [1.165, 1.54) is 18.3 Å². The van der Waals surface area contributed by atoms with Crippen molar-refractivity contribution >= 4 is 28.5 Å². The molecule has 6 heteroatoms. The topological polar surface area (TPSA) is 59.2 Å². The minimum absolute atomic E-state index is 0.133. The average Bonchev–Trinajstić information content (AvgIpc) is 2.34. The van der Waals surface area contributed by atoms with E-state index in [0.29, 0.717) is 0 Å². The zero-order valence-corrected chi connectivity index (χ0v) is 10.2. The molecular weight excluding hydrogens is 261 g/mol. The van der Waals surface area contributed by atoms with Gasteiger partial charge in [0.2, 0.25) is 5.43 Å². The first kappa shape index (κ1) is 12.6. The summed E-state index contributed by atoms with van der Waals surface area (Å²) in [4.78, 5) is 26.2. The summed E-state index contributed by atoms with van der Waals surface area (Å²) in [6.45, 7) is 1.75. The van der Waals surface area contributed by atoms with Crippen LogP contribution in [0.15, 0.2) is 23.1 Å². The number of H-pyrrole nitrogens is 1. The Kier molecular flexibility index (Phi) is 3.34. The van der Waals surface area contributed by atoms with Crippen LogP contribution in [0.25, 0.3) is 10.9 Å². The first-order valence-corrected chi connectivity index (χ1v) is 5.60. The smallest absolute Gasteiger partial charge is 0.343 e. The molecule has 1 N–H and O–H groups in total. The van der Waals surface area contributed by atoms with Crippen LogP contribution in [0.1, 0.15) is 17.3 Å². The van der Waals surface area contributed by atoms with Crippen LogP contribution in [0.3, 0.4) is 0 Å². The molecule has 0 aliphatic carbocycles. The van der Waals surface area contributed by atoms with E-state index in [1.807, 2.05) is 0 Å². The average molecular weight is 270 g/mol. The first-order valence-electron chi connectivity index (χ1n) is 5.22. The molecule has 0 fully saturated rings. The van der Waals surface area contributed by atoms with E-state index in [4.69, 9.17) is 16.3 Å². The number of halogens is 2. The van der Waals surface area contributed by atoms with Crippen LogP contribution in [0, 0.1) is 5.82 Å². The fourth-order valence-corrected chi connectivity index (χ4v) is 1.76. The van der Waals surface area contributed by atoms with Crippen LogP contribution in [-0.2, 0) is 4.74 Å². The summed E-state index contributed by atoms with van der Waals surface area (Å²) in [5.74, 6) is -1.64. The lowest BCUT2D eigenvalue weighted by atomic mass is 10.1. The Hall–Kier alpha value is -1.88. The second-order valence-corrected chi connectivity index (χ2v) is 3.94. The molecule has 0 aliphatic rings. The van der Waals surface area contributed by atoms with Crippen molar-refractivity contribution in [2.45, 2.75) is 6.92 Å². The predicted octanol–water partition coefficient (Wildman–Crippen LogP) is 2.50. The molecule has 1 aromatic heterocycles. The molecule has 0 spiro atoms. The number of benzene rings is 1. The molecule has 0 bridgehead atoms. The van der Waals surface area contributed by atoms with Crippen molar-refractivity contribution in [2.75, 3.05) is 6.61 Å². The highest BCUT2D eigenvalue weighted by molar-refractivity contribution is 6.31. The van der Waals surface area contributed by atoms with Gasteiger partial charge in [-0.2, -0.15) is 0 Å². The van der Waals surface area contributed by atoms with Crippen LogP contribution in [0.4, 0.5) is 4.39 Å². The van der Waals surface area contributed by atoms with Gasteiger partial charge < -0.3 is 9.72 Å². The van der Waals surface area contributed by atoms with E-state index >= 15 is 0 Å². The molecule has 2 rings (SSSR count). The number of nitrogens with one attached hydrogen (secondary N) is 1. The maximum atomic E-state index is 13.8. The molecule has 0 saturated heterocycles. The van der Waals surface area contributed by atoms with Gasteiger partial charge in [0.15, 0.2) is 5.82 Å². The van der Waals surface area contributed by atoms with Gasteiger partial charge in [-0.3, -0.25) is 4.79 Å². The standard InChI is InChI=1S/C12H9ClFNO3/c1-2-18-12(17)6-5-15-8-4-3-7(13)10(14)9(8)11(6)16/h3-5H,2H2,1H3,(H,15,16). The molecule has 18 heavy (non-hydrogen) atoms. The zero-order chi connectivity index (χ0) is 13.3. The van der Waals surface area contributed by atoms with Crippen LogP contribution < -0.4 is 5.43 Å². The number of carbonyl (C=O) groups excluding carboxylic acids is 1. The van der Waals surface area contributed by atoms with Crippen molar-refractivity contribution in [3.63, 3.8) is 0 Å². The lowest BCUT2D eigenvalue weighted by Gasteiger charge is -2.04. The molecule has 0 saturated carbocycles. The fraction of sp³-hybridized carbons (Fsp3) is 0.167. The number of aromatic amines is 1. The molecule has 0 radical (unpaired) electrons. The Morgan fingerprint density at radius 3 is 2.89 bits per heavy atom. The summed E-state index contributed by atoms with van der Waals surface area (Å²) in [5, 5.41) is -0.415. The number of carbonyl (C=O) groups is 1. The number of pyridine rings is 1. The third-order valence-electron chi connectivity index (χ3n) is 2.43. The van der Waals surface area contributed by atoms with Gasteiger partial charge in [-0.1, -0.05) is 11.6 Å². The molecule has 2 aromatic rings. The number of rotatable bonds is 2. The summed E-state index contributed by atoms with van der Waals surface area (Å²) >= 11 is 5.61. The second-order valence-electron chi connectivity index (χ2n) is 3.54. The summed E-state index contributed by atoms with van der Waals surface area (Å²) in [6.07, 6.45) is 1.20. The van der Waals surface area contributed by atoms with Crippen molar-refractivity contribution in [2.24, 2.45) is 0 Å². The van der Waals surface area contributed by atoms with Crippen molar-refractivity contribution in [3.05, 3.63) is 45.0 Å². The highest BCUT2D eigenvalue weighted by Crippen LogP contribution is 2.21. The Labute approximate surface area is 106 Å². The van der Waals surface area contributed by atoms with Crippen LogP contribution in [-0.4, -0.2) is 17.6 Å². The van der Waals surface area contributed by atoms with E-state index in [9.17, 15) is 14.0 Å². The lowest BCUT2D eigenvalue weighted by Crippen LogP contribution is -2.19. The number of aromatic nitrogens is 1. The summed E-state index contributed by atoms with van der Waals surface area (Å²) in [7, 11) is 0. The van der Waals surface area contributed by atoms with Gasteiger partial charge in [0.25, 0.3) is 0 Å². The summed E-state index contributed by atoms with van der Waals surface area (Å²) in [5.41, 5.74) is -0.706. The number of esters is 1. The SMILES string of the molecule is CCOC(=O)c1c[nH]c2ccc(Cl)c(F)c2c1=O. The third kappa shape index (κ3) is 1.97. The number of fused-ring (bicyclic) bond motifs is 1. The van der Waals surface area contributed by atoms with Gasteiger partial charge in [-0.25, -0.2) is 9.18 Å². The van der Waals surface area contributed by atoms with E-state index in [0.717, 1.165) is 0 Å². The Balaban J connectivity index is 2.74. The van der Waals surface area contributed by atoms with E-state index < -0.39 is 17.2 Å². The van der Waals surface area contributed by atoms with Gasteiger partial charge in [0.05, 0.1) is 22.5 Å². The van der Waals surface area contributed by atoms with E-state index in [-0.39, 0.29) is 28.1 Å².